The number of aromatic nitrogens is 2. The van der Waals surface area contributed by atoms with Gasteiger partial charge in [-0.25, -0.2) is 9.97 Å². The molecule has 1 aromatic heterocycles. The van der Waals surface area contributed by atoms with Gasteiger partial charge >= 0.3 is 0 Å². The summed E-state index contributed by atoms with van der Waals surface area (Å²) in [7, 11) is 0. The second kappa shape index (κ2) is 10.7. The van der Waals surface area contributed by atoms with E-state index in [1.54, 1.807) is 4.90 Å². The van der Waals surface area contributed by atoms with Gasteiger partial charge in [-0.2, -0.15) is 0 Å². The smallest absolute Gasteiger partial charge is 0.280 e. The zero-order valence-corrected chi connectivity index (χ0v) is 23.0. The minimum Gasteiger partial charge on any atom is -0.382 e. The number of guanidine groups is 1. The first-order chi connectivity index (χ1) is 18.3. The molecule has 1 unspecified atom stereocenters. The van der Waals surface area contributed by atoms with Crippen molar-refractivity contribution in [2.24, 2.45) is 10.9 Å². The molecule has 2 aromatic rings. The number of alkyl halides is 1. The van der Waals surface area contributed by atoms with Crippen LogP contribution in [0.3, 0.4) is 0 Å². The second-order valence-electron chi connectivity index (χ2n) is 9.93. The fourth-order valence-electron chi connectivity index (χ4n) is 5.15. The number of piperidine rings is 1. The molecule has 2 saturated heterocycles. The molecule has 4 heterocycles. The van der Waals surface area contributed by atoms with Crippen LogP contribution in [-0.4, -0.2) is 75.2 Å². The summed E-state index contributed by atoms with van der Waals surface area (Å²) in [4.78, 5) is 54.9. The SMILES string of the molecule is Nc1nc(N)c(C(=O)NC2=NCC3(CCN(C(=O)C4CC(=O)N(Cc5ccccc5)C4)CC3)N2)nc1CI. The van der Waals surface area contributed by atoms with Gasteiger partial charge in [-0.05, 0) is 18.4 Å². The third-order valence-electron chi connectivity index (χ3n) is 7.34. The van der Waals surface area contributed by atoms with E-state index < -0.39 is 5.91 Å². The Labute approximate surface area is 233 Å². The number of amides is 3. The number of nitrogens with one attached hydrogen (secondary N) is 2. The van der Waals surface area contributed by atoms with Crippen molar-refractivity contribution < 1.29 is 14.4 Å². The average Bonchev–Trinajstić information content (AvgIpc) is 3.47. The molecule has 3 aliphatic rings. The zero-order chi connectivity index (χ0) is 26.9. The number of nitrogen functional groups attached to an aromatic ring is 2. The highest BCUT2D eigenvalue weighted by atomic mass is 127. The fourth-order valence-corrected chi connectivity index (χ4v) is 5.71. The zero-order valence-electron chi connectivity index (χ0n) is 20.8. The highest BCUT2D eigenvalue weighted by Crippen LogP contribution is 2.29. The van der Waals surface area contributed by atoms with Gasteiger partial charge in [0.05, 0.1) is 23.7 Å². The molecule has 1 aromatic carbocycles. The molecule has 38 heavy (non-hydrogen) atoms. The topological polar surface area (TPSA) is 172 Å². The molecule has 1 spiro atoms. The summed E-state index contributed by atoms with van der Waals surface area (Å²) in [5.41, 5.74) is 12.9. The Hall–Kier alpha value is -3.49. The number of aliphatic imine (C=N–C) groups is 1. The minimum atomic E-state index is -0.511. The Morgan fingerprint density at radius 2 is 1.87 bits per heavy atom. The first kappa shape index (κ1) is 26.1. The van der Waals surface area contributed by atoms with Crippen molar-refractivity contribution in [1.82, 2.24) is 30.4 Å². The number of nitrogens with zero attached hydrogens (tertiary/aromatic N) is 5. The number of hydrogen-bond acceptors (Lipinski definition) is 9. The molecule has 0 radical (unpaired) electrons. The summed E-state index contributed by atoms with van der Waals surface area (Å²) in [5, 5.41) is 6.08. The third-order valence-corrected chi connectivity index (χ3v) is 8.06. The van der Waals surface area contributed by atoms with Crippen LogP contribution in [0.15, 0.2) is 35.3 Å². The number of benzene rings is 1. The van der Waals surface area contributed by atoms with Gasteiger partial charge in [0.25, 0.3) is 5.91 Å². The van der Waals surface area contributed by atoms with E-state index in [0.717, 1.165) is 5.56 Å². The van der Waals surface area contributed by atoms with Gasteiger partial charge in [0.1, 0.15) is 5.82 Å². The minimum absolute atomic E-state index is 0.00384. The van der Waals surface area contributed by atoms with Gasteiger partial charge in [0.15, 0.2) is 17.5 Å². The van der Waals surface area contributed by atoms with E-state index in [4.69, 9.17) is 11.5 Å². The summed E-state index contributed by atoms with van der Waals surface area (Å²) in [6.07, 6.45) is 1.61. The quantitative estimate of drug-likeness (QED) is 0.276. The summed E-state index contributed by atoms with van der Waals surface area (Å²) < 4.78 is 0.495. The molecule has 0 bridgehead atoms. The van der Waals surface area contributed by atoms with E-state index in [2.05, 4.69) is 48.2 Å². The van der Waals surface area contributed by atoms with Crippen LogP contribution in [-0.2, 0) is 20.6 Å². The maximum absolute atomic E-state index is 13.2. The van der Waals surface area contributed by atoms with Gasteiger partial charge in [-0.1, -0.05) is 52.9 Å². The Balaban J connectivity index is 1.13. The third kappa shape index (κ3) is 5.37. The van der Waals surface area contributed by atoms with Crippen molar-refractivity contribution in [3.8, 4) is 0 Å². The van der Waals surface area contributed by atoms with Crippen LogP contribution in [0.25, 0.3) is 0 Å². The molecule has 5 rings (SSSR count). The molecular weight excluding hydrogens is 601 g/mol. The lowest BCUT2D eigenvalue weighted by molar-refractivity contribution is -0.137. The Morgan fingerprint density at radius 3 is 2.58 bits per heavy atom. The van der Waals surface area contributed by atoms with Crippen LogP contribution >= 0.6 is 22.6 Å². The van der Waals surface area contributed by atoms with Gasteiger partial charge in [-0.3, -0.25) is 24.7 Å². The van der Waals surface area contributed by atoms with Crippen molar-refractivity contribution in [1.29, 1.82) is 0 Å². The standard InChI is InChI=1S/C25H30IN9O3/c26-11-17-20(27)31-21(28)19(30-17)22(37)32-24-29-14-25(33-24)6-8-34(9-7-25)23(38)16-10-18(36)35(13-16)12-15-4-2-1-3-5-15/h1-5,16H,6-14H2,(H4,27,28,31)(H2,29,32,33,37). The summed E-state index contributed by atoms with van der Waals surface area (Å²) in [5.74, 6) is -0.271. The largest absolute Gasteiger partial charge is 0.382 e. The lowest BCUT2D eigenvalue weighted by atomic mass is 9.87. The summed E-state index contributed by atoms with van der Waals surface area (Å²) >= 11 is 2.09. The number of hydrogen-bond donors (Lipinski definition) is 4. The fraction of sp³-hybridized carbons (Fsp3) is 0.440. The molecule has 12 nitrogen and oxygen atoms in total. The number of carbonyl (C=O) groups excluding carboxylic acids is 3. The van der Waals surface area contributed by atoms with Gasteiger partial charge in [0, 0.05) is 37.0 Å². The second-order valence-corrected chi connectivity index (χ2v) is 10.7. The molecular formula is C25H30IN9O3. The first-order valence-electron chi connectivity index (χ1n) is 12.5. The van der Waals surface area contributed by atoms with Gasteiger partial charge < -0.3 is 26.6 Å². The molecule has 200 valence electrons. The number of carbonyl (C=O) groups is 3. The van der Waals surface area contributed by atoms with Crippen LogP contribution < -0.4 is 22.1 Å². The number of likely N-dealkylation sites (tertiary alicyclic amines) is 2. The summed E-state index contributed by atoms with van der Waals surface area (Å²) in [6.45, 7) is 2.57. The molecule has 0 aliphatic carbocycles. The number of rotatable bonds is 5. The molecule has 3 aliphatic heterocycles. The Bertz CT molecular complexity index is 1280. The number of nitrogens with two attached hydrogens (primary N) is 2. The highest BCUT2D eigenvalue weighted by molar-refractivity contribution is 14.1. The van der Waals surface area contributed by atoms with Gasteiger partial charge in [-0.15, -0.1) is 0 Å². The molecule has 2 fully saturated rings. The van der Waals surface area contributed by atoms with Crippen molar-refractivity contribution in [3.63, 3.8) is 0 Å². The molecule has 1 atom stereocenters. The van der Waals surface area contributed by atoms with E-state index in [1.807, 2.05) is 35.2 Å². The summed E-state index contributed by atoms with van der Waals surface area (Å²) in [6, 6.07) is 9.81. The molecule has 6 N–H and O–H groups in total. The number of halogens is 1. The first-order valence-corrected chi connectivity index (χ1v) is 14.0. The van der Waals surface area contributed by atoms with Crippen LogP contribution in [0.5, 0.6) is 0 Å². The van der Waals surface area contributed by atoms with E-state index in [9.17, 15) is 14.4 Å². The maximum Gasteiger partial charge on any atom is 0.280 e. The van der Waals surface area contributed by atoms with Crippen LogP contribution in [0.1, 0.15) is 41.0 Å². The van der Waals surface area contributed by atoms with Crippen molar-refractivity contribution >= 4 is 57.9 Å². The van der Waals surface area contributed by atoms with Crippen LogP contribution in [0.2, 0.25) is 0 Å². The predicted molar refractivity (Wildman–Crippen MR) is 150 cm³/mol. The van der Waals surface area contributed by atoms with Gasteiger partial charge in [0.2, 0.25) is 11.8 Å². The van der Waals surface area contributed by atoms with Crippen LogP contribution in [0.4, 0.5) is 11.6 Å². The van der Waals surface area contributed by atoms with Crippen LogP contribution in [0, 0.1) is 5.92 Å². The molecule has 3 amide bonds. The van der Waals surface area contributed by atoms with E-state index in [0.29, 0.717) is 61.6 Å². The monoisotopic (exact) mass is 631 g/mol. The molecule has 13 heteroatoms. The predicted octanol–water partition coefficient (Wildman–Crippen LogP) is 0.675. The number of anilines is 2. The van der Waals surface area contributed by atoms with Crippen molar-refractivity contribution in [2.45, 2.75) is 35.8 Å². The molecule has 0 saturated carbocycles. The lowest BCUT2D eigenvalue weighted by Gasteiger charge is -2.40. The van der Waals surface area contributed by atoms with E-state index in [-0.39, 0.29) is 47.0 Å². The van der Waals surface area contributed by atoms with E-state index in [1.165, 1.54) is 0 Å². The lowest BCUT2D eigenvalue weighted by Crippen LogP contribution is -2.57. The Morgan fingerprint density at radius 1 is 1.13 bits per heavy atom. The van der Waals surface area contributed by atoms with E-state index >= 15 is 0 Å². The average molecular weight is 631 g/mol. The van der Waals surface area contributed by atoms with Crippen molar-refractivity contribution in [2.75, 3.05) is 37.6 Å². The van der Waals surface area contributed by atoms with Crippen molar-refractivity contribution in [3.05, 3.63) is 47.3 Å². The highest BCUT2D eigenvalue weighted by Gasteiger charge is 2.43. The Kier molecular flexibility index (Phi) is 7.36. The normalized spacial score (nSPS) is 20.4. The maximum atomic E-state index is 13.2.